The third-order valence-electron chi connectivity index (χ3n) is 3.51. The van der Waals surface area contributed by atoms with Crippen LogP contribution in [0.2, 0.25) is 0 Å². The SMILES string of the molecule is C#Cc1ccc(N2CCC(C)CC2)cc1C. The van der Waals surface area contributed by atoms with Crippen molar-refractivity contribution in [1.29, 1.82) is 0 Å². The third-order valence-corrected chi connectivity index (χ3v) is 3.51. The first-order valence-electron chi connectivity index (χ1n) is 6.03. The summed E-state index contributed by atoms with van der Waals surface area (Å²) in [6.45, 7) is 6.78. The molecule has 84 valence electrons. The number of benzene rings is 1. The van der Waals surface area contributed by atoms with Gasteiger partial charge in [0.2, 0.25) is 0 Å². The molecule has 0 N–H and O–H groups in total. The van der Waals surface area contributed by atoms with Crippen molar-refractivity contribution in [2.45, 2.75) is 26.7 Å². The Balaban J connectivity index is 2.16. The van der Waals surface area contributed by atoms with E-state index in [4.69, 9.17) is 6.42 Å². The molecule has 1 saturated heterocycles. The van der Waals surface area contributed by atoms with Crippen molar-refractivity contribution in [3.05, 3.63) is 29.3 Å². The van der Waals surface area contributed by atoms with Gasteiger partial charge in [-0.05, 0) is 49.4 Å². The maximum absolute atomic E-state index is 5.43. The van der Waals surface area contributed by atoms with E-state index in [-0.39, 0.29) is 0 Å². The van der Waals surface area contributed by atoms with Crippen LogP contribution in [0, 0.1) is 25.2 Å². The summed E-state index contributed by atoms with van der Waals surface area (Å²) in [4.78, 5) is 2.47. The molecule has 0 atom stereocenters. The third kappa shape index (κ3) is 2.22. The number of hydrogen-bond donors (Lipinski definition) is 0. The minimum atomic E-state index is 0.877. The van der Waals surface area contributed by atoms with Crippen molar-refractivity contribution in [3.63, 3.8) is 0 Å². The van der Waals surface area contributed by atoms with Gasteiger partial charge in [-0.25, -0.2) is 0 Å². The zero-order valence-corrected chi connectivity index (χ0v) is 10.2. The monoisotopic (exact) mass is 213 g/mol. The van der Waals surface area contributed by atoms with Gasteiger partial charge in [0.25, 0.3) is 0 Å². The molecule has 1 aliphatic rings. The second kappa shape index (κ2) is 4.61. The van der Waals surface area contributed by atoms with Gasteiger partial charge in [0, 0.05) is 24.3 Å². The average molecular weight is 213 g/mol. The van der Waals surface area contributed by atoms with E-state index >= 15 is 0 Å². The lowest BCUT2D eigenvalue weighted by Crippen LogP contribution is -2.32. The second-order valence-electron chi connectivity index (χ2n) is 4.81. The predicted molar refractivity (Wildman–Crippen MR) is 69.7 cm³/mol. The van der Waals surface area contributed by atoms with Crippen molar-refractivity contribution in [2.24, 2.45) is 5.92 Å². The summed E-state index contributed by atoms with van der Waals surface area (Å²) < 4.78 is 0. The maximum atomic E-state index is 5.43. The van der Waals surface area contributed by atoms with Crippen molar-refractivity contribution >= 4 is 5.69 Å². The Morgan fingerprint density at radius 1 is 1.31 bits per heavy atom. The fourth-order valence-corrected chi connectivity index (χ4v) is 2.27. The fraction of sp³-hybridized carbons (Fsp3) is 0.467. The molecule has 1 nitrogen and oxygen atoms in total. The lowest BCUT2D eigenvalue weighted by Gasteiger charge is -2.32. The molecule has 1 heteroatoms. The van der Waals surface area contributed by atoms with E-state index in [9.17, 15) is 0 Å². The summed E-state index contributed by atoms with van der Waals surface area (Å²) in [7, 11) is 0. The molecule has 0 saturated carbocycles. The van der Waals surface area contributed by atoms with Crippen molar-refractivity contribution in [3.8, 4) is 12.3 Å². The Hall–Kier alpha value is -1.42. The van der Waals surface area contributed by atoms with E-state index in [1.165, 1.54) is 37.2 Å². The minimum Gasteiger partial charge on any atom is -0.372 e. The summed E-state index contributed by atoms with van der Waals surface area (Å²) in [5, 5.41) is 0. The van der Waals surface area contributed by atoms with Gasteiger partial charge in [-0.15, -0.1) is 6.42 Å². The van der Waals surface area contributed by atoms with Crippen LogP contribution in [0.1, 0.15) is 30.9 Å². The number of anilines is 1. The van der Waals surface area contributed by atoms with Gasteiger partial charge in [0.05, 0.1) is 0 Å². The molecule has 0 spiro atoms. The molecule has 0 aromatic heterocycles. The zero-order chi connectivity index (χ0) is 11.5. The average Bonchev–Trinajstić information content (AvgIpc) is 2.30. The molecule has 1 fully saturated rings. The molecular formula is C15H19N. The summed E-state index contributed by atoms with van der Waals surface area (Å²) in [6.07, 6.45) is 8.04. The van der Waals surface area contributed by atoms with Crippen molar-refractivity contribution < 1.29 is 0 Å². The predicted octanol–water partition coefficient (Wildman–Crippen LogP) is 3.21. The van der Waals surface area contributed by atoms with Crippen LogP contribution >= 0.6 is 0 Å². The second-order valence-corrected chi connectivity index (χ2v) is 4.81. The number of nitrogens with zero attached hydrogens (tertiary/aromatic N) is 1. The van der Waals surface area contributed by atoms with E-state index in [0.717, 1.165) is 11.5 Å². The van der Waals surface area contributed by atoms with Crippen LogP contribution in [0.5, 0.6) is 0 Å². The lowest BCUT2D eigenvalue weighted by atomic mass is 9.98. The summed E-state index contributed by atoms with van der Waals surface area (Å²) in [5.41, 5.74) is 3.54. The Bertz CT molecular complexity index is 406. The topological polar surface area (TPSA) is 3.24 Å². The Morgan fingerprint density at radius 3 is 2.56 bits per heavy atom. The number of aryl methyl sites for hydroxylation is 1. The smallest absolute Gasteiger partial charge is 0.0369 e. The first-order chi connectivity index (χ1) is 7.70. The molecule has 1 aromatic carbocycles. The van der Waals surface area contributed by atoms with Gasteiger partial charge in [-0.3, -0.25) is 0 Å². The summed E-state index contributed by atoms with van der Waals surface area (Å²) in [6, 6.07) is 6.42. The quantitative estimate of drug-likeness (QED) is 0.647. The van der Waals surface area contributed by atoms with Crippen LogP contribution in [0.3, 0.4) is 0 Å². The molecule has 2 rings (SSSR count). The van der Waals surface area contributed by atoms with E-state index in [1.54, 1.807) is 0 Å². The highest BCUT2D eigenvalue weighted by atomic mass is 15.1. The molecule has 1 aliphatic heterocycles. The molecule has 1 aromatic rings. The largest absolute Gasteiger partial charge is 0.372 e. The molecule has 0 amide bonds. The van der Waals surface area contributed by atoms with Crippen molar-refractivity contribution in [1.82, 2.24) is 0 Å². The molecule has 0 aliphatic carbocycles. The van der Waals surface area contributed by atoms with Crippen molar-refractivity contribution in [2.75, 3.05) is 18.0 Å². The van der Waals surface area contributed by atoms with Crippen LogP contribution in [-0.2, 0) is 0 Å². The zero-order valence-electron chi connectivity index (χ0n) is 10.2. The fourth-order valence-electron chi connectivity index (χ4n) is 2.27. The summed E-state index contributed by atoms with van der Waals surface area (Å²) in [5.74, 6) is 3.59. The van der Waals surface area contributed by atoms with Crippen LogP contribution in [0.15, 0.2) is 18.2 Å². The highest BCUT2D eigenvalue weighted by Gasteiger charge is 2.16. The first kappa shape index (κ1) is 11.1. The molecule has 1 heterocycles. The molecule has 0 bridgehead atoms. The molecular weight excluding hydrogens is 194 g/mol. The van der Waals surface area contributed by atoms with Gasteiger partial charge in [-0.2, -0.15) is 0 Å². The van der Waals surface area contributed by atoms with E-state index in [0.29, 0.717) is 0 Å². The number of hydrogen-bond acceptors (Lipinski definition) is 1. The number of piperidine rings is 1. The Kier molecular flexibility index (Phi) is 3.19. The highest BCUT2D eigenvalue weighted by molar-refractivity contribution is 5.54. The standard InChI is InChI=1S/C15H19N/c1-4-14-5-6-15(11-13(14)3)16-9-7-12(2)8-10-16/h1,5-6,11-12H,7-10H2,2-3H3. The first-order valence-corrected chi connectivity index (χ1v) is 6.03. The van der Waals surface area contributed by atoms with Gasteiger partial charge < -0.3 is 4.90 Å². The van der Waals surface area contributed by atoms with Crippen LogP contribution in [0.4, 0.5) is 5.69 Å². The number of rotatable bonds is 1. The molecule has 0 radical (unpaired) electrons. The van der Waals surface area contributed by atoms with Gasteiger partial charge in [0.15, 0.2) is 0 Å². The maximum Gasteiger partial charge on any atom is 0.0369 e. The highest BCUT2D eigenvalue weighted by Crippen LogP contribution is 2.24. The molecule has 16 heavy (non-hydrogen) atoms. The minimum absolute atomic E-state index is 0.877. The van der Waals surface area contributed by atoms with Gasteiger partial charge in [0.1, 0.15) is 0 Å². The van der Waals surface area contributed by atoms with E-state index < -0.39 is 0 Å². The van der Waals surface area contributed by atoms with Crippen LogP contribution < -0.4 is 4.90 Å². The van der Waals surface area contributed by atoms with E-state index in [1.807, 2.05) is 0 Å². The number of terminal acetylenes is 1. The van der Waals surface area contributed by atoms with Gasteiger partial charge in [-0.1, -0.05) is 12.8 Å². The van der Waals surface area contributed by atoms with Gasteiger partial charge >= 0.3 is 0 Å². The van der Waals surface area contributed by atoms with Crippen LogP contribution in [-0.4, -0.2) is 13.1 Å². The van der Waals surface area contributed by atoms with Crippen LogP contribution in [0.25, 0.3) is 0 Å². The summed E-state index contributed by atoms with van der Waals surface area (Å²) >= 11 is 0. The Labute approximate surface area is 98.5 Å². The Morgan fingerprint density at radius 2 is 2.00 bits per heavy atom. The van der Waals surface area contributed by atoms with E-state index in [2.05, 4.69) is 42.9 Å². The normalized spacial score (nSPS) is 17.2. The lowest BCUT2D eigenvalue weighted by molar-refractivity contribution is 0.438. The molecule has 0 unspecified atom stereocenters.